The van der Waals surface area contributed by atoms with Crippen molar-refractivity contribution in [3.63, 3.8) is 0 Å². The average molecular weight is 505 g/mol. The largest absolute Gasteiger partial charge is 0.395 e. The maximum absolute atomic E-state index is 13.4. The standard InChI is InChI=1S/C27H44N4O5/c1-3-11-20-22(35-20)13-7-5-9-15-29-19-28-25-24(29)26(33)31(27(34)30(25)17-18-32)16-10-6-8-14-23-21(36-23)12-4-2/h19-23,32H,3-18H2,1-2H3. The molecular weight excluding hydrogens is 460 g/mol. The minimum atomic E-state index is -0.383. The van der Waals surface area contributed by atoms with Crippen molar-refractivity contribution < 1.29 is 14.6 Å². The molecule has 36 heavy (non-hydrogen) atoms. The lowest BCUT2D eigenvalue weighted by molar-refractivity contribution is 0.273. The van der Waals surface area contributed by atoms with Gasteiger partial charge in [0.05, 0.1) is 43.9 Å². The Morgan fingerprint density at radius 1 is 0.778 bits per heavy atom. The molecule has 0 aromatic carbocycles. The number of hydrogen-bond donors (Lipinski definition) is 1. The van der Waals surface area contributed by atoms with Crippen LogP contribution in [0.15, 0.2) is 15.9 Å². The molecule has 9 heteroatoms. The molecule has 202 valence electrons. The minimum absolute atomic E-state index is 0.130. The van der Waals surface area contributed by atoms with E-state index in [2.05, 4.69) is 18.8 Å². The predicted octanol–water partition coefficient (Wildman–Crippen LogP) is 3.61. The number of aryl methyl sites for hydroxylation is 1. The third-order valence-corrected chi connectivity index (χ3v) is 7.59. The molecule has 2 saturated heterocycles. The van der Waals surface area contributed by atoms with Gasteiger partial charge < -0.3 is 19.1 Å². The van der Waals surface area contributed by atoms with E-state index in [1.165, 1.54) is 15.6 Å². The van der Waals surface area contributed by atoms with Gasteiger partial charge in [0, 0.05) is 13.1 Å². The summed E-state index contributed by atoms with van der Waals surface area (Å²) in [6.07, 6.45) is 16.0. The van der Waals surface area contributed by atoms with Gasteiger partial charge in [-0.1, -0.05) is 52.4 Å². The van der Waals surface area contributed by atoms with Gasteiger partial charge in [-0.2, -0.15) is 0 Å². The summed E-state index contributed by atoms with van der Waals surface area (Å²) in [5.41, 5.74) is 0.178. The Morgan fingerprint density at radius 3 is 1.94 bits per heavy atom. The fraction of sp³-hybridized carbons (Fsp3) is 0.815. The van der Waals surface area contributed by atoms with Gasteiger partial charge in [-0.15, -0.1) is 0 Å². The van der Waals surface area contributed by atoms with Crippen molar-refractivity contribution in [1.29, 1.82) is 0 Å². The van der Waals surface area contributed by atoms with Crippen LogP contribution in [0, 0.1) is 0 Å². The molecule has 4 rings (SSSR count). The summed E-state index contributed by atoms with van der Waals surface area (Å²) in [6.45, 7) is 5.39. The van der Waals surface area contributed by atoms with Crippen LogP contribution >= 0.6 is 0 Å². The van der Waals surface area contributed by atoms with Gasteiger partial charge in [0.25, 0.3) is 5.56 Å². The average Bonchev–Trinajstić information content (AvgIpc) is 3.75. The normalized spacial score (nSPS) is 23.0. The fourth-order valence-corrected chi connectivity index (χ4v) is 5.45. The second kappa shape index (κ2) is 13.0. The lowest BCUT2D eigenvalue weighted by atomic mass is 10.1. The van der Waals surface area contributed by atoms with E-state index in [9.17, 15) is 14.7 Å². The maximum Gasteiger partial charge on any atom is 0.332 e. The van der Waals surface area contributed by atoms with Crippen LogP contribution in [-0.2, 0) is 29.1 Å². The Balaban J connectivity index is 1.33. The number of imidazole rings is 1. The summed E-state index contributed by atoms with van der Waals surface area (Å²) in [5.74, 6) is 0. The molecule has 0 spiro atoms. The van der Waals surface area contributed by atoms with Crippen LogP contribution in [0.2, 0.25) is 0 Å². The molecule has 1 N–H and O–H groups in total. The SMILES string of the molecule is CCCC1OC1CCCCCn1c(=O)c2c(ncn2CCCCCC2OC2CCC)n(CCO)c1=O. The Labute approximate surface area is 213 Å². The van der Waals surface area contributed by atoms with Gasteiger partial charge in [-0.3, -0.25) is 13.9 Å². The molecule has 0 bridgehead atoms. The van der Waals surface area contributed by atoms with E-state index in [0.717, 1.165) is 70.6 Å². The van der Waals surface area contributed by atoms with Gasteiger partial charge in [-0.05, 0) is 38.5 Å². The first-order chi connectivity index (χ1) is 17.6. The van der Waals surface area contributed by atoms with Crippen molar-refractivity contribution in [3.05, 3.63) is 27.2 Å². The van der Waals surface area contributed by atoms with Crippen LogP contribution in [0.3, 0.4) is 0 Å². The zero-order valence-corrected chi connectivity index (χ0v) is 22.1. The molecule has 0 radical (unpaired) electrons. The van der Waals surface area contributed by atoms with E-state index in [0.29, 0.717) is 48.7 Å². The molecule has 2 aliphatic rings. The molecule has 2 aliphatic heterocycles. The molecular formula is C27H44N4O5. The van der Waals surface area contributed by atoms with Crippen molar-refractivity contribution in [1.82, 2.24) is 18.7 Å². The van der Waals surface area contributed by atoms with E-state index < -0.39 is 0 Å². The first-order valence-corrected chi connectivity index (χ1v) is 14.2. The molecule has 9 nitrogen and oxygen atoms in total. The van der Waals surface area contributed by atoms with E-state index in [1.54, 1.807) is 6.33 Å². The molecule has 2 aromatic rings. The van der Waals surface area contributed by atoms with Gasteiger partial charge in [0.1, 0.15) is 0 Å². The molecule has 0 amide bonds. The zero-order chi connectivity index (χ0) is 25.5. The van der Waals surface area contributed by atoms with E-state index >= 15 is 0 Å². The van der Waals surface area contributed by atoms with Crippen molar-refractivity contribution in [3.8, 4) is 0 Å². The molecule has 0 aliphatic carbocycles. The Bertz CT molecular complexity index is 1090. The highest BCUT2D eigenvalue weighted by Crippen LogP contribution is 2.31. The van der Waals surface area contributed by atoms with Gasteiger partial charge >= 0.3 is 5.69 Å². The number of hydrogen-bond acceptors (Lipinski definition) is 6. The highest BCUT2D eigenvalue weighted by Gasteiger charge is 2.37. The summed E-state index contributed by atoms with van der Waals surface area (Å²) >= 11 is 0. The summed E-state index contributed by atoms with van der Waals surface area (Å²) in [7, 11) is 0. The Kier molecular flexibility index (Phi) is 9.79. The number of rotatable bonds is 18. The van der Waals surface area contributed by atoms with Crippen LogP contribution in [0.1, 0.15) is 90.9 Å². The monoisotopic (exact) mass is 504 g/mol. The van der Waals surface area contributed by atoms with Crippen LogP contribution in [0.25, 0.3) is 11.2 Å². The van der Waals surface area contributed by atoms with Crippen LogP contribution in [0.5, 0.6) is 0 Å². The predicted molar refractivity (Wildman–Crippen MR) is 139 cm³/mol. The van der Waals surface area contributed by atoms with Gasteiger partial charge in [0.2, 0.25) is 0 Å². The van der Waals surface area contributed by atoms with Crippen molar-refractivity contribution >= 4 is 11.2 Å². The summed E-state index contributed by atoms with van der Waals surface area (Å²) < 4.78 is 16.0. The molecule has 4 unspecified atom stereocenters. The quantitative estimate of drug-likeness (QED) is 0.246. The number of ether oxygens (including phenoxy) is 2. The molecule has 2 aromatic heterocycles. The van der Waals surface area contributed by atoms with Crippen LogP contribution in [-0.4, -0.2) is 54.8 Å². The van der Waals surface area contributed by atoms with Crippen LogP contribution < -0.4 is 11.2 Å². The molecule has 2 fully saturated rings. The summed E-state index contributed by atoms with van der Waals surface area (Å²) in [6, 6.07) is 0. The lowest BCUT2D eigenvalue weighted by Gasteiger charge is -2.12. The third kappa shape index (κ3) is 6.66. The summed E-state index contributed by atoms with van der Waals surface area (Å²) in [5, 5.41) is 9.53. The third-order valence-electron chi connectivity index (χ3n) is 7.59. The topological polar surface area (TPSA) is 107 Å². The van der Waals surface area contributed by atoms with Gasteiger partial charge in [0.15, 0.2) is 11.2 Å². The second-order valence-corrected chi connectivity index (χ2v) is 10.4. The number of aromatic nitrogens is 4. The number of unbranched alkanes of at least 4 members (excludes halogenated alkanes) is 4. The van der Waals surface area contributed by atoms with Crippen molar-refractivity contribution in [2.24, 2.45) is 0 Å². The zero-order valence-electron chi connectivity index (χ0n) is 22.1. The van der Waals surface area contributed by atoms with Crippen molar-refractivity contribution in [2.75, 3.05) is 6.61 Å². The number of fused-ring (bicyclic) bond motifs is 1. The number of aliphatic hydroxyl groups excluding tert-OH is 1. The summed E-state index contributed by atoms with van der Waals surface area (Å²) in [4.78, 5) is 30.8. The number of aliphatic hydroxyl groups is 1. The highest BCUT2D eigenvalue weighted by molar-refractivity contribution is 5.70. The number of epoxide rings is 2. The van der Waals surface area contributed by atoms with E-state index in [4.69, 9.17) is 9.47 Å². The first-order valence-electron chi connectivity index (χ1n) is 14.2. The number of nitrogens with zero attached hydrogens (tertiary/aromatic N) is 4. The molecule has 4 heterocycles. The van der Waals surface area contributed by atoms with E-state index in [1.807, 2.05) is 4.57 Å². The van der Waals surface area contributed by atoms with Crippen LogP contribution in [0.4, 0.5) is 0 Å². The Hall–Kier alpha value is -1.97. The Morgan fingerprint density at radius 2 is 1.36 bits per heavy atom. The smallest absolute Gasteiger partial charge is 0.332 e. The first kappa shape index (κ1) is 27.1. The lowest BCUT2D eigenvalue weighted by Crippen LogP contribution is -2.41. The fourth-order valence-electron chi connectivity index (χ4n) is 5.45. The molecule has 0 saturated carbocycles. The highest BCUT2D eigenvalue weighted by atomic mass is 16.6. The van der Waals surface area contributed by atoms with E-state index in [-0.39, 0.29) is 24.4 Å². The molecule has 4 atom stereocenters. The van der Waals surface area contributed by atoms with Crippen molar-refractivity contribution in [2.45, 2.75) is 135 Å². The second-order valence-electron chi connectivity index (χ2n) is 10.4. The minimum Gasteiger partial charge on any atom is -0.395 e. The van der Waals surface area contributed by atoms with Gasteiger partial charge in [-0.25, -0.2) is 9.78 Å². The maximum atomic E-state index is 13.4.